The molecule has 0 saturated carbocycles. The monoisotopic (exact) mass is 431 g/mol. The van der Waals surface area contributed by atoms with Crippen LogP contribution in [0.2, 0.25) is 5.02 Å². The van der Waals surface area contributed by atoms with Gasteiger partial charge in [0.2, 0.25) is 0 Å². The van der Waals surface area contributed by atoms with Gasteiger partial charge in [-0.1, -0.05) is 29.3 Å². The van der Waals surface area contributed by atoms with Gasteiger partial charge in [0.1, 0.15) is 5.82 Å². The Morgan fingerprint density at radius 2 is 1.97 bits per heavy atom. The molecule has 4 nitrogen and oxygen atoms in total. The third-order valence-corrected chi connectivity index (χ3v) is 6.53. The van der Waals surface area contributed by atoms with Crippen molar-refractivity contribution < 1.29 is 9.18 Å². The maximum Gasteiger partial charge on any atom is 0.257 e. The molecule has 6 heteroatoms. The number of hydrogen-bond acceptors (Lipinski definition) is 2. The second-order valence-electron chi connectivity index (χ2n) is 8.20. The average molecular weight is 432 g/mol. The number of aromatic amines is 1. The SMILES string of the molecule is Cc1ccc2c(c1)C(=O)N1CCc3c([nH]c4ccc(Cl)cc34)C1N2c1cccc(F)c1. The zero-order valence-electron chi connectivity index (χ0n) is 16.8. The Bertz CT molecular complexity index is 1380. The molecule has 0 saturated heterocycles. The lowest BCUT2D eigenvalue weighted by atomic mass is 9.94. The van der Waals surface area contributed by atoms with E-state index in [-0.39, 0.29) is 17.9 Å². The van der Waals surface area contributed by atoms with Gasteiger partial charge >= 0.3 is 0 Å². The highest BCUT2D eigenvalue weighted by molar-refractivity contribution is 6.31. The van der Waals surface area contributed by atoms with Gasteiger partial charge in [0.05, 0.1) is 16.9 Å². The van der Waals surface area contributed by atoms with Crippen LogP contribution in [0.1, 0.15) is 33.3 Å². The van der Waals surface area contributed by atoms with Gasteiger partial charge in [0, 0.05) is 28.2 Å². The molecule has 0 bridgehead atoms. The number of nitrogens with one attached hydrogen (secondary N) is 1. The zero-order chi connectivity index (χ0) is 21.3. The van der Waals surface area contributed by atoms with Crippen molar-refractivity contribution in [3.05, 3.63) is 93.9 Å². The van der Waals surface area contributed by atoms with E-state index in [2.05, 4.69) is 9.88 Å². The average Bonchev–Trinajstić information content (AvgIpc) is 3.12. The molecule has 3 aromatic carbocycles. The molecular weight excluding hydrogens is 413 g/mol. The number of fused-ring (bicyclic) bond motifs is 6. The molecule has 0 fully saturated rings. The molecule has 0 aliphatic carbocycles. The summed E-state index contributed by atoms with van der Waals surface area (Å²) in [4.78, 5) is 21.0. The van der Waals surface area contributed by atoms with Crippen molar-refractivity contribution in [2.24, 2.45) is 0 Å². The van der Waals surface area contributed by atoms with Gasteiger partial charge in [0.25, 0.3) is 5.91 Å². The van der Waals surface area contributed by atoms with Crippen LogP contribution in [0.4, 0.5) is 15.8 Å². The first-order valence-electron chi connectivity index (χ1n) is 10.3. The number of carbonyl (C=O) groups is 1. The summed E-state index contributed by atoms with van der Waals surface area (Å²) in [5.74, 6) is -0.312. The number of benzene rings is 3. The predicted molar refractivity (Wildman–Crippen MR) is 121 cm³/mol. The van der Waals surface area contributed by atoms with E-state index in [1.807, 2.05) is 54.3 Å². The number of hydrogen-bond donors (Lipinski definition) is 1. The molecule has 3 heterocycles. The largest absolute Gasteiger partial charge is 0.355 e. The van der Waals surface area contributed by atoms with Gasteiger partial charge in [0.15, 0.2) is 6.17 Å². The van der Waals surface area contributed by atoms with E-state index in [0.717, 1.165) is 39.8 Å². The van der Waals surface area contributed by atoms with E-state index in [4.69, 9.17) is 11.6 Å². The molecule has 154 valence electrons. The van der Waals surface area contributed by atoms with Crippen LogP contribution in [-0.2, 0) is 6.42 Å². The van der Waals surface area contributed by atoms with Gasteiger partial charge < -0.3 is 14.8 Å². The zero-order valence-corrected chi connectivity index (χ0v) is 17.6. The Labute approximate surface area is 183 Å². The summed E-state index contributed by atoms with van der Waals surface area (Å²) in [5, 5.41) is 1.75. The van der Waals surface area contributed by atoms with E-state index < -0.39 is 0 Å². The minimum atomic E-state index is -0.389. The predicted octanol–water partition coefficient (Wildman–Crippen LogP) is 6.12. The molecule has 0 spiro atoms. The molecular formula is C25H19ClFN3O. The topological polar surface area (TPSA) is 39.3 Å². The lowest BCUT2D eigenvalue weighted by molar-refractivity contribution is 0.0642. The summed E-state index contributed by atoms with van der Waals surface area (Å²) >= 11 is 6.27. The standard InChI is InChI=1S/C25H19ClFN3O/c1-14-5-8-22-20(11-14)25(31)29-10-9-18-19-12-15(26)6-7-21(19)28-23(18)24(29)30(22)17-4-2-3-16(27)13-17/h2-8,11-13,24,28H,9-10H2,1H3. The van der Waals surface area contributed by atoms with Gasteiger partial charge in [-0.05, 0) is 67.4 Å². The summed E-state index contributed by atoms with van der Waals surface area (Å²) in [6.07, 6.45) is 0.343. The van der Waals surface area contributed by atoms with Crippen molar-refractivity contribution in [3.63, 3.8) is 0 Å². The highest BCUT2D eigenvalue weighted by atomic mass is 35.5. The smallest absolute Gasteiger partial charge is 0.257 e. The number of rotatable bonds is 1. The first-order chi connectivity index (χ1) is 15.0. The number of nitrogens with zero attached hydrogens (tertiary/aromatic N) is 2. The normalized spacial score (nSPS) is 17.5. The maximum atomic E-state index is 14.2. The van der Waals surface area contributed by atoms with E-state index in [1.54, 1.807) is 6.07 Å². The van der Waals surface area contributed by atoms with Crippen LogP contribution >= 0.6 is 11.6 Å². The Morgan fingerprint density at radius 3 is 2.81 bits per heavy atom. The molecule has 2 aliphatic heterocycles. The number of H-pyrrole nitrogens is 1. The van der Waals surface area contributed by atoms with Crippen LogP contribution in [0, 0.1) is 12.7 Å². The minimum absolute atomic E-state index is 0.00121. The Hall–Kier alpha value is -3.31. The van der Waals surface area contributed by atoms with E-state index in [9.17, 15) is 9.18 Å². The lowest BCUT2D eigenvalue weighted by Crippen LogP contribution is -2.50. The summed E-state index contributed by atoms with van der Waals surface area (Å²) in [6, 6.07) is 18.2. The second-order valence-corrected chi connectivity index (χ2v) is 8.64. The molecule has 1 aromatic heterocycles. The van der Waals surface area contributed by atoms with Crippen LogP contribution in [-0.4, -0.2) is 22.3 Å². The first kappa shape index (κ1) is 18.5. The maximum absolute atomic E-state index is 14.2. The van der Waals surface area contributed by atoms with E-state index in [0.29, 0.717) is 22.8 Å². The van der Waals surface area contributed by atoms with E-state index >= 15 is 0 Å². The molecule has 31 heavy (non-hydrogen) atoms. The number of anilines is 2. The van der Waals surface area contributed by atoms with Crippen LogP contribution in [0.15, 0.2) is 60.7 Å². The molecule has 1 unspecified atom stereocenters. The lowest BCUT2D eigenvalue weighted by Gasteiger charge is -2.47. The molecule has 1 N–H and O–H groups in total. The van der Waals surface area contributed by atoms with Gasteiger partial charge in [-0.2, -0.15) is 0 Å². The number of aromatic nitrogens is 1. The molecule has 1 amide bonds. The van der Waals surface area contributed by atoms with Crippen molar-refractivity contribution in [3.8, 4) is 0 Å². The molecule has 2 aliphatic rings. The number of halogens is 2. The number of amides is 1. The molecule has 4 aromatic rings. The molecule has 1 atom stereocenters. The fraction of sp³-hybridized carbons (Fsp3) is 0.160. The second kappa shape index (κ2) is 6.59. The minimum Gasteiger partial charge on any atom is -0.355 e. The van der Waals surface area contributed by atoms with Crippen LogP contribution in [0.3, 0.4) is 0 Å². The fourth-order valence-electron chi connectivity index (χ4n) is 4.95. The van der Waals surface area contributed by atoms with Crippen LogP contribution in [0.5, 0.6) is 0 Å². The van der Waals surface area contributed by atoms with Gasteiger partial charge in [-0.25, -0.2) is 4.39 Å². The van der Waals surface area contributed by atoms with Crippen molar-refractivity contribution in [2.45, 2.75) is 19.5 Å². The summed E-state index contributed by atoms with van der Waals surface area (Å²) in [7, 11) is 0. The van der Waals surface area contributed by atoms with Crippen molar-refractivity contribution >= 4 is 39.8 Å². The Balaban J connectivity index is 1.64. The van der Waals surface area contributed by atoms with Crippen LogP contribution in [0.25, 0.3) is 10.9 Å². The Morgan fingerprint density at radius 1 is 1.10 bits per heavy atom. The van der Waals surface area contributed by atoms with Crippen molar-refractivity contribution in [1.29, 1.82) is 0 Å². The van der Waals surface area contributed by atoms with Crippen molar-refractivity contribution in [1.82, 2.24) is 9.88 Å². The first-order valence-corrected chi connectivity index (χ1v) is 10.7. The van der Waals surface area contributed by atoms with Crippen LogP contribution < -0.4 is 4.90 Å². The third-order valence-electron chi connectivity index (χ3n) is 6.29. The van der Waals surface area contributed by atoms with Gasteiger partial charge in [-0.15, -0.1) is 0 Å². The third kappa shape index (κ3) is 2.70. The number of aryl methyl sites for hydroxylation is 1. The summed E-state index contributed by atoms with van der Waals surface area (Å²) < 4.78 is 14.2. The molecule has 6 rings (SSSR count). The van der Waals surface area contributed by atoms with Gasteiger partial charge in [-0.3, -0.25) is 4.79 Å². The quantitative estimate of drug-likeness (QED) is 0.394. The molecule has 0 radical (unpaired) electrons. The van der Waals surface area contributed by atoms with E-state index in [1.165, 1.54) is 12.1 Å². The summed E-state index contributed by atoms with van der Waals surface area (Å²) in [6.45, 7) is 2.55. The highest BCUT2D eigenvalue weighted by Gasteiger charge is 2.43. The number of carbonyl (C=O) groups excluding carboxylic acids is 1. The Kier molecular flexibility index (Phi) is 3.93. The fourth-order valence-corrected chi connectivity index (χ4v) is 5.12. The van der Waals surface area contributed by atoms with Crippen molar-refractivity contribution in [2.75, 3.05) is 11.4 Å². The summed E-state index contributed by atoms with van der Waals surface area (Å²) in [5.41, 5.74) is 6.24. The highest BCUT2D eigenvalue weighted by Crippen LogP contribution is 2.47.